The van der Waals surface area contributed by atoms with Crippen LogP contribution < -0.4 is 0 Å². The SMILES string of the molecule is N#Cc1ccc2cc(-c3ccc(-c4ccc5c(c4)c4ccc(C#N)cc4n4c6ccccc6nc54)cc3)ccc2c1. The van der Waals surface area contributed by atoms with E-state index in [0.29, 0.717) is 11.1 Å². The molecule has 0 aliphatic carbocycles. The van der Waals surface area contributed by atoms with Gasteiger partial charge in [-0.15, -0.1) is 0 Å². The fraction of sp³-hybridized carbons (Fsp3) is 0. The Morgan fingerprint density at radius 2 is 1.10 bits per heavy atom. The van der Waals surface area contributed by atoms with Crippen LogP contribution in [0.3, 0.4) is 0 Å². The summed E-state index contributed by atoms with van der Waals surface area (Å²) in [6.45, 7) is 0. The summed E-state index contributed by atoms with van der Waals surface area (Å²) in [5, 5.41) is 24.3. The zero-order valence-corrected chi connectivity index (χ0v) is 21.8. The van der Waals surface area contributed by atoms with Crippen molar-refractivity contribution in [2.75, 3.05) is 0 Å². The van der Waals surface area contributed by atoms with Crippen molar-refractivity contribution in [3.63, 3.8) is 0 Å². The van der Waals surface area contributed by atoms with Crippen molar-refractivity contribution in [2.24, 2.45) is 0 Å². The molecule has 2 aromatic heterocycles. The molecule has 188 valence electrons. The maximum atomic E-state index is 9.63. The summed E-state index contributed by atoms with van der Waals surface area (Å²) in [4.78, 5) is 4.99. The van der Waals surface area contributed by atoms with Gasteiger partial charge in [0, 0.05) is 10.8 Å². The molecule has 8 rings (SSSR count). The van der Waals surface area contributed by atoms with Crippen molar-refractivity contribution in [2.45, 2.75) is 0 Å². The van der Waals surface area contributed by atoms with Crippen LogP contribution in [-0.4, -0.2) is 9.38 Å². The van der Waals surface area contributed by atoms with Gasteiger partial charge in [-0.1, -0.05) is 66.7 Å². The Labute approximate surface area is 235 Å². The van der Waals surface area contributed by atoms with Crippen LogP contribution in [0.25, 0.3) is 71.4 Å². The Morgan fingerprint density at radius 1 is 0.488 bits per heavy atom. The smallest absolute Gasteiger partial charge is 0.146 e. The number of hydrogen-bond acceptors (Lipinski definition) is 3. The lowest BCUT2D eigenvalue weighted by atomic mass is 9.96. The van der Waals surface area contributed by atoms with E-state index in [9.17, 15) is 10.5 Å². The van der Waals surface area contributed by atoms with Crippen LogP contribution in [0.5, 0.6) is 0 Å². The Bertz CT molecular complexity index is 2430. The van der Waals surface area contributed by atoms with Crippen LogP contribution in [0.1, 0.15) is 11.1 Å². The molecule has 0 saturated heterocycles. The predicted octanol–water partition coefficient (Wildman–Crippen LogP) is 9.02. The van der Waals surface area contributed by atoms with Crippen LogP contribution in [0.2, 0.25) is 0 Å². The second-order valence-corrected chi connectivity index (χ2v) is 10.3. The molecule has 8 aromatic rings. The first-order valence-corrected chi connectivity index (χ1v) is 13.4. The van der Waals surface area contributed by atoms with Crippen LogP contribution in [0, 0.1) is 22.7 Å². The zero-order chi connectivity index (χ0) is 27.5. The highest BCUT2D eigenvalue weighted by Crippen LogP contribution is 2.36. The molecule has 0 unspecified atom stereocenters. The molecule has 0 bridgehead atoms. The Kier molecular flexibility index (Phi) is 4.92. The monoisotopic (exact) mass is 520 g/mol. The van der Waals surface area contributed by atoms with E-state index >= 15 is 0 Å². The molecular weight excluding hydrogens is 500 g/mol. The first-order chi connectivity index (χ1) is 20.2. The second-order valence-electron chi connectivity index (χ2n) is 10.3. The van der Waals surface area contributed by atoms with Gasteiger partial charge in [0.1, 0.15) is 5.65 Å². The van der Waals surface area contributed by atoms with Crippen molar-refractivity contribution in [1.29, 1.82) is 10.5 Å². The number of aromatic nitrogens is 2. The van der Waals surface area contributed by atoms with E-state index in [1.807, 2.05) is 48.5 Å². The average molecular weight is 521 g/mol. The third kappa shape index (κ3) is 3.56. The first-order valence-electron chi connectivity index (χ1n) is 13.4. The molecule has 0 amide bonds. The normalized spacial score (nSPS) is 11.4. The fourth-order valence-corrected chi connectivity index (χ4v) is 5.96. The molecule has 4 heteroatoms. The standard InChI is InChI=1S/C37H20N4/c38-21-23-5-7-29-19-28(13-12-27(29)17-23)25-8-10-26(11-9-25)30-14-16-32-33(20-30)31-15-6-24(22-39)18-36(31)41-35-4-2-1-3-34(35)40-37(32)41/h1-20H. The van der Waals surface area contributed by atoms with Gasteiger partial charge in [-0.2, -0.15) is 10.5 Å². The Balaban J connectivity index is 1.27. The molecule has 6 aromatic carbocycles. The number of nitriles is 2. The minimum Gasteiger partial charge on any atom is -0.292 e. The molecule has 0 radical (unpaired) electrons. The molecule has 0 aliphatic rings. The summed E-state index contributed by atoms with van der Waals surface area (Å²) in [6, 6.07) is 45.9. The van der Waals surface area contributed by atoms with Crippen molar-refractivity contribution < 1.29 is 0 Å². The predicted molar refractivity (Wildman–Crippen MR) is 166 cm³/mol. The molecule has 0 spiro atoms. The third-order valence-electron chi connectivity index (χ3n) is 8.00. The highest BCUT2D eigenvalue weighted by atomic mass is 15.0. The molecule has 41 heavy (non-hydrogen) atoms. The van der Waals surface area contributed by atoms with E-state index in [-0.39, 0.29) is 0 Å². The average Bonchev–Trinajstić information content (AvgIpc) is 3.44. The van der Waals surface area contributed by atoms with Crippen LogP contribution >= 0.6 is 0 Å². The highest BCUT2D eigenvalue weighted by Gasteiger charge is 2.15. The number of hydrogen-bond donors (Lipinski definition) is 0. The summed E-state index contributed by atoms with van der Waals surface area (Å²) >= 11 is 0. The molecular formula is C37H20N4. The number of benzene rings is 6. The van der Waals surface area contributed by atoms with Crippen molar-refractivity contribution in [1.82, 2.24) is 9.38 Å². The number of imidazole rings is 1. The highest BCUT2D eigenvalue weighted by molar-refractivity contribution is 6.15. The van der Waals surface area contributed by atoms with Gasteiger partial charge in [0.2, 0.25) is 0 Å². The molecule has 0 aliphatic heterocycles. The van der Waals surface area contributed by atoms with E-state index < -0.39 is 0 Å². The second kappa shape index (κ2) is 8.78. The minimum absolute atomic E-state index is 0.627. The van der Waals surface area contributed by atoms with Gasteiger partial charge >= 0.3 is 0 Å². The summed E-state index contributed by atoms with van der Waals surface area (Å²) < 4.78 is 2.17. The maximum Gasteiger partial charge on any atom is 0.146 e. The number of rotatable bonds is 2. The number of pyridine rings is 1. The molecule has 2 heterocycles. The van der Waals surface area contributed by atoms with Crippen molar-refractivity contribution >= 4 is 49.1 Å². The third-order valence-corrected chi connectivity index (χ3v) is 8.00. The molecule has 0 saturated carbocycles. The molecule has 0 N–H and O–H groups in total. The molecule has 0 atom stereocenters. The topological polar surface area (TPSA) is 64.9 Å². The van der Waals surface area contributed by atoms with Crippen molar-refractivity contribution in [3.05, 3.63) is 132 Å². The lowest BCUT2D eigenvalue weighted by Crippen LogP contribution is -1.93. The Morgan fingerprint density at radius 3 is 1.90 bits per heavy atom. The van der Waals surface area contributed by atoms with Crippen LogP contribution in [0.15, 0.2) is 121 Å². The summed E-state index contributed by atoms with van der Waals surface area (Å²) in [6.07, 6.45) is 0. The van der Waals surface area contributed by atoms with E-state index in [1.165, 1.54) is 0 Å². The summed E-state index contributed by atoms with van der Waals surface area (Å²) in [7, 11) is 0. The quantitative estimate of drug-likeness (QED) is 0.214. The molecule has 4 nitrogen and oxygen atoms in total. The van der Waals surface area contributed by atoms with Gasteiger partial charge in [0.05, 0.1) is 39.8 Å². The lowest BCUT2D eigenvalue weighted by Gasteiger charge is -2.12. The lowest BCUT2D eigenvalue weighted by molar-refractivity contribution is 1.31. The Hall–Kier alpha value is -5.97. The van der Waals surface area contributed by atoms with E-state index in [4.69, 9.17) is 4.98 Å². The van der Waals surface area contributed by atoms with Gasteiger partial charge < -0.3 is 0 Å². The van der Waals surface area contributed by atoms with Crippen LogP contribution in [0.4, 0.5) is 0 Å². The number of para-hydroxylation sites is 2. The fourth-order valence-electron chi connectivity index (χ4n) is 5.96. The summed E-state index contributed by atoms with van der Waals surface area (Å²) in [5.41, 5.74) is 9.66. The molecule has 0 fully saturated rings. The van der Waals surface area contributed by atoms with Gasteiger partial charge in [-0.3, -0.25) is 4.40 Å². The summed E-state index contributed by atoms with van der Waals surface area (Å²) in [5.74, 6) is 0. The van der Waals surface area contributed by atoms with Gasteiger partial charge in [0.25, 0.3) is 0 Å². The van der Waals surface area contributed by atoms with Gasteiger partial charge in [0.15, 0.2) is 0 Å². The largest absolute Gasteiger partial charge is 0.292 e. The van der Waals surface area contributed by atoms with E-state index in [2.05, 4.69) is 89.3 Å². The zero-order valence-electron chi connectivity index (χ0n) is 21.8. The first kappa shape index (κ1) is 23.0. The van der Waals surface area contributed by atoms with Gasteiger partial charge in [-0.05, 0) is 93.0 Å². The van der Waals surface area contributed by atoms with E-state index in [1.54, 1.807) is 0 Å². The maximum absolute atomic E-state index is 9.63. The van der Waals surface area contributed by atoms with Gasteiger partial charge in [-0.25, -0.2) is 4.98 Å². The van der Waals surface area contributed by atoms with Crippen molar-refractivity contribution in [3.8, 4) is 34.4 Å². The van der Waals surface area contributed by atoms with E-state index in [0.717, 1.165) is 71.4 Å². The van der Waals surface area contributed by atoms with Crippen LogP contribution in [-0.2, 0) is 0 Å². The number of fused-ring (bicyclic) bond motifs is 9. The minimum atomic E-state index is 0.627. The number of nitrogens with zero attached hydrogens (tertiary/aromatic N) is 4.